The number of carbonyl (C=O) groups is 2. The smallest absolute Gasteiger partial charge is 0.262 e. The van der Waals surface area contributed by atoms with Crippen LogP contribution in [0.4, 0.5) is 0 Å². The second kappa shape index (κ2) is 10.8. The fourth-order valence-electron chi connectivity index (χ4n) is 2.59. The third-order valence-electron chi connectivity index (χ3n) is 4.23. The first-order chi connectivity index (χ1) is 14.3. The first kappa shape index (κ1) is 23.5. The number of nitrogens with one attached hydrogen (secondary N) is 2. The number of benzene rings is 2. The Bertz CT molecular complexity index is 948. The maximum absolute atomic E-state index is 12.6. The molecule has 160 valence electrons. The van der Waals surface area contributed by atoms with Gasteiger partial charge in [0.25, 0.3) is 11.8 Å². The second-order valence-corrected chi connectivity index (χ2v) is 7.51. The first-order valence-electron chi connectivity index (χ1n) is 9.07. The maximum atomic E-state index is 12.6. The van der Waals surface area contributed by atoms with Gasteiger partial charge in [0.2, 0.25) is 0 Å². The lowest BCUT2D eigenvalue weighted by atomic mass is 10.0. The van der Waals surface area contributed by atoms with Crippen molar-refractivity contribution in [1.29, 1.82) is 0 Å². The zero-order valence-corrected chi connectivity index (χ0v) is 18.5. The van der Waals surface area contributed by atoms with Crippen molar-refractivity contribution in [2.45, 2.75) is 19.9 Å². The van der Waals surface area contributed by atoms with Gasteiger partial charge in [0.1, 0.15) is 17.5 Å². The third-order valence-corrected chi connectivity index (χ3v) is 4.78. The molecule has 2 amide bonds. The van der Waals surface area contributed by atoms with E-state index in [-0.39, 0.29) is 16.5 Å². The SMILES string of the molecule is COc1ccc(/C=N\NC(=O)[C@@H](NC(=O)c2ccc(Cl)cc2Cl)C(C)C)c(OC)c1. The zero-order valence-electron chi connectivity index (χ0n) is 17.0. The lowest BCUT2D eigenvalue weighted by Gasteiger charge is -2.20. The molecule has 0 radical (unpaired) electrons. The summed E-state index contributed by atoms with van der Waals surface area (Å²) >= 11 is 11.9. The molecule has 0 aromatic heterocycles. The zero-order chi connectivity index (χ0) is 22.3. The van der Waals surface area contributed by atoms with E-state index in [0.29, 0.717) is 22.1 Å². The van der Waals surface area contributed by atoms with Crippen LogP contribution in [0.3, 0.4) is 0 Å². The van der Waals surface area contributed by atoms with Crippen molar-refractivity contribution in [3.63, 3.8) is 0 Å². The quantitative estimate of drug-likeness (QED) is 0.470. The Balaban J connectivity index is 2.09. The van der Waals surface area contributed by atoms with Crippen LogP contribution >= 0.6 is 23.2 Å². The van der Waals surface area contributed by atoms with Gasteiger partial charge in [-0.1, -0.05) is 37.0 Å². The number of ether oxygens (including phenoxy) is 2. The lowest BCUT2D eigenvalue weighted by Crippen LogP contribution is -2.48. The predicted molar refractivity (Wildman–Crippen MR) is 118 cm³/mol. The van der Waals surface area contributed by atoms with Gasteiger partial charge in [-0.3, -0.25) is 9.59 Å². The average molecular weight is 452 g/mol. The van der Waals surface area contributed by atoms with Crippen LogP contribution in [0, 0.1) is 5.92 Å². The van der Waals surface area contributed by atoms with Gasteiger partial charge in [-0.15, -0.1) is 0 Å². The van der Waals surface area contributed by atoms with Crippen LogP contribution in [-0.4, -0.2) is 38.3 Å². The van der Waals surface area contributed by atoms with E-state index in [2.05, 4.69) is 15.8 Å². The molecule has 9 heteroatoms. The topological polar surface area (TPSA) is 89.0 Å². The van der Waals surface area contributed by atoms with E-state index in [0.717, 1.165) is 0 Å². The molecule has 0 saturated carbocycles. The van der Waals surface area contributed by atoms with Gasteiger partial charge in [0.05, 0.1) is 31.0 Å². The number of methoxy groups -OCH3 is 2. The van der Waals surface area contributed by atoms with E-state index in [9.17, 15) is 9.59 Å². The van der Waals surface area contributed by atoms with Crippen molar-refractivity contribution < 1.29 is 19.1 Å². The molecule has 0 aliphatic rings. The van der Waals surface area contributed by atoms with Crippen molar-refractivity contribution in [3.8, 4) is 11.5 Å². The highest BCUT2D eigenvalue weighted by molar-refractivity contribution is 6.36. The largest absolute Gasteiger partial charge is 0.497 e. The Morgan fingerprint density at radius 3 is 2.40 bits per heavy atom. The van der Waals surface area contributed by atoms with Crippen molar-refractivity contribution in [2.75, 3.05) is 14.2 Å². The molecule has 7 nitrogen and oxygen atoms in total. The molecular weight excluding hydrogens is 429 g/mol. The molecule has 0 saturated heterocycles. The molecule has 1 atom stereocenters. The number of hydrazone groups is 1. The molecule has 0 aliphatic carbocycles. The van der Waals surface area contributed by atoms with Crippen LogP contribution in [0.1, 0.15) is 29.8 Å². The number of hydrogen-bond donors (Lipinski definition) is 2. The molecule has 0 unspecified atom stereocenters. The number of hydrogen-bond acceptors (Lipinski definition) is 5. The van der Waals surface area contributed by atoms with Gasteiger partial charge in [-0.05, 0) is 36.2 Å². The van der Waals surface area contributed by atoms with Gasteiger partial charge in [0, 0.05) is 16.7 Å². The van der Waals surface area contributed by atoms with Crippen molar-refractivity contribution >= 4 is 41.2 Å². The summed E-state index contributed by atoms with van der Waals surface area (Å²) in [6.07, 6.45) is 1.45. The Labute approximate surface area is 185 Å². The number of halogens is 2. The van der Waals surface area contributed by atoms with Gasteiger partial charge in [0.15, 0.2) is 0 Å². The summed E-state index contributed by atoms with van der Waals surface area (Å²) in [6.45, 7) is 3.62. The minimum absolute atomic E-state index is 0.189. The van der Waals surface area contributed by atoms with Gasteiger partial charge >= 0.3 is 0 Å². The van der Waals surface area contributed by atoms with Crippen LogP contribution in [0.15, 0.2) is 41.5 Å². The molecule has 2 rings (SSSR count). The first-order valence-corrected chi connectivity index (χ1v) is 9.83. The van der Waals surface area contributed by atoms with Crippen LogP contribution in [0.25, 0.3) is 0 Å². The van der Waals surface area contributed by atoms with Crippen molar-refractivity contribution in [2.24, 2.45) is 11.0 Å². The van der Waals surface area contributed by atoms with E-state index in [1.807, 2.05) is 13.8 Å². The number of nitrogens with zero attached hydrogens (tertiary/aromatic N) is 1. The predicted octanol–water partition coefficient (Wildman–Crippen LogP) is 3.92. The highest BCUT2D eigenvalue weighted by Crippen LogP contribution is 2.23. The maximum Gasteiger partial charge on any atom is 0.262 e. The number of carbonyl (C=O) groups excluding carboxylic acids is 2. The van der Waals surface area contributed by atoms with Crippen LogP contribution in [0.5, 0.6) is 11.5 Å². The summed E-state index contributed by atoms with van der Waals surface area (Å²) in [7, 11) is 3.08. The second-order valence-electron chi connectivity index (χ2n) is 6.66. The van der Waals surface area contributed by atoms with E-state index in [4.69, 9.17) is 32.7 Å². The molecule has 0 fully saturated rings. The highest BCUT2D eigenvalue weighted by Gasteiger charge is 2.25. The summed E-state index contributed by atoms with van der Waals surface area (Å²) in [5.74, 6) is 0.0409. The van der Waals surface area contributed by atoms with E-state index >= 15 is 0 Å². The fourth-order valence-corrected chi connectivity index (χ4v) is 3.08. The Hall–Kier alpha value is -2.77. The number of amides is 2. The molecule has 2 N–H and O–H groups in total. The third kappa shape index (κ3) is 6.11. The fraction of sp³-hybridized carbons (Fsp3) is 0.286. The lowest BCUT2D eigenvalue weighted by molar-refractivity contribution is -0.123. The molecule has 0 spiro atoms. The standard InChI is InChI=1S/C21H23Cl2N3O4/c1-12(2)19(25-20(27)16-8-6-14(22)9-17(16)23)21(28)26-24-11-13-5-7-15(29-3)10-18(13)30-4/h5-12,19H,1-4H3,(H,25,27)(H,26,28)/b24-11-/t19-/m0/s1. The molecule has 2 aromatic rings. The van der Waals surface area contributed by atoms with Crippen LogP contribution < -0.4 is 20.2 Å². The van der Waals surface area contributed by atoms with E-state index in [1.54, 1.807) is 31.4 Å². The van der Waals surface area contributed by atoms with Crippen molar-refractivity contribution in [3.05, 3.63) is 57.6 Å². The summed E-state index contributed by atoms with van der Waals surface area (Å²) in [4.78, 5) is 25.1. The Morgan fingerprint density at radius 2 is 1.80 bits per heavy atom. The number of rotatable bonds is 8. The van der Waals surface area contributed by atoms with Gasteiger partial charge in [-0.25, -0.2) is 5.43 Å². The van der Waals surface area contributed by atoms with E-state index in [1.165, 1.54) is 25.5 Å². The van der Waals surface area contributed by atoms with Crippen molar-refractivity contribution in [1.82, 2.24) is 10.7 Å². The minimum Gasteiger partial charge on any atom is -0.497 e. The minimum atomic E-state index is -0.820. The summed E-state index contributed by atoms with van der Waals surface area (Å²) < 4.78 is 10.4. The Morgan fingerprint density at radius 1 is 1.07 bits per heavy atom. The van der Waals surface area contributed by atoms with E-state index < -0.39 is 17.9 Å². The average Bonchev–Trinajstić information content (AvgIpc) is 2.71. The molecule has 0 heterocycles. The molecule has 0 aliphatic heterocycles. The summed E-state index contributed by atoms with van der Waals surface area (Å²) in [6, 6.07) is 8.91. The molecule has 0 bridgehead atoms. The molecule has 30 heavy (non-hydrogen) atoms. The summed E-state index contributed by atoms with van der Waals surface area (Å²) in [5, 5.41) is 7.28. The molecule has 2 aromatic carbocycles. The van der Waals surface area contributed by atoms with Crippen LogP contribution in [0.2, 0.25) is 10.0 Å². The Kier molecular flexibility index (Phi) is 8.50. The monoisotopic (exact) mass is 451 g/mol. The van der Waals surface area contributed by atoms with Gasteiger partial charge < -0.3 is 14.8 Å². The van der Waals surface area contributed by atoms with Gasteiger partial charge in [-0.2, -0.15) is 5.10 Å². The summed E-state index contributed by atoms with van der Waals surface area (Å²) in [5.41, 5.74) is 3.33. The van der Waals surface area contributed by atoms with Crippen LogP contribution in [-0.2, 0) is 4.79 Å². The highest BCUT2D eigenvalue weighted by atomic mass is 35.5. The molecular formula is C21H23Cl2N3O4. The normalized spacial score (nSPS) is 12.0.